The standard InChI is InChI=1S/C45H23B5N2O/c46-39-38(40(47)42(49)43(50)41(39)48)45-51-33-15-7-8-16-34(33)52(45)44-29-14-5-4-13-28(29)37(32-22-25(18-20-30(32)44)24-10-2-1-3-11-24)26-19-21-36-31(23-26)27-12-6-9-17-35(27)53-36/h1-23H. The van der Waals surface area contributed by atoms with Gasteiger partial charge in [0.05, 0.1) is 16.7 Å². The van der Waals surface area contributed by atoms with Crippen molar-refractivity contribution in [2.24, 2.45) is 0 Å². The molecule has 3 nitrogen and oxygen atoms in total. The number of furan rings is 1. The number of aromatic nitrogens is 2. The van der Waals surface area contributed by atoms with E-state index in [2.05, 4.69) is 95.6 Å². The molecule has 2 heterocycles. The minimum absolute atomic E-state index is 0.155. The molecule has 8 aromatic carbocycles. The van der Waals surface area contributed by atoms with Crippen molar-refractivity contribution in [2.75, 3.05) is 0 Å². The van der Waals surface area contributed by atoms with E-state index in [-0.39, 0.29) is 27.3 Å². The Morgan fingerprint density at radius 3 is 1.79 bits per heavy atom. The lowest BCUT2D eigenvalue weighted by molar-refractivity contribution is 0.669. The summed E-state index contributed by atoms with van der Waals surface area (Å²) in [4.78, 5) is 5.15. The molecule has 0 spiro atoms. The molecule has 10 radical (unpaired) electrons. The lowest BCUT2D eigenvalue weighted by Crippen LogP contribution is -2.55. The Morgan fingerprint density at radius 1 is 0.415 bits per heavy atom. The van der Waals surface area contributed by atoms with Crippen molar-refractivity contribution >= 4 is 121 Å². The summed E-state index contributed by atoms with van der Waals surface area (Å²) in [5.41, 5.74) is 10.0. The SMILES string of the molecule is [B]c1c([B])c([B])c(-c2nc3ccccc3n2-c2c3ccccc3c(-c3ccc4oc5ccccc5c4c3)c3cc(-c4ccccc4)ccc23)c([B])c1[B]. The van der Waals surface area contributed by atoms with E-state index >= 15 is 0 Å². The summed E-state index contributed by atoms with van der Waals surface area (Å²) >= 11 is 0. The third-order valence-corrected chi connectivity index (χ3v) is 10.5. The lowest BCUT2D eigenvalue weighted by Gasteiger charge is -2.24. The second kappa shape index (κ2) is 12.0. The van der Waals surface area contributed by atoms with E-state index in [1.54, 1.807) is 0 Å². The average Bonchev–Trinajstić information content (AvgIpc) is 3.76. The second-order valence-electron chi connectivity index (χ2n) is 13.4. The third kappa shape index (κ3) is 4.71. The first-order valence-corrected chi connectivity index (χ1v) is 17.3. The van der Waals surface area contributed by atoms with Crippen molar-refractivity contribution in [3.8, 4) is 39.3 Å². The number of hydrogen-bond donors (Lipinski definition) is 0. The van der Waals surface area contributed by atoms with E-state index in [1.807, 2.05) is 48.5 Å². The van der Waals surface area contributed by atoms with E-state index in [9.17, 15) is 0 Å². The molecule has 10 rings (SSSR count). The van der Waals surface area contributed by atoms with Crippen molar-refractivity contribution in [1.82, 2.24) is 9.55 Å². The van der Waals surface area contributed by atoms with Crippen LogP contribution in [-0.4, -0.2) is 48.8 Å². The Hall–Kier alpha value is -6.13. The molecular weight excluding hydrogens is 639 g/mol. The first-order valence-electron chi connectivity index (χ1n) is 17.3. The number of rotatable bonds is 4. The van der Waals surface area contributed by atoms with Crippen LogP contribution in [0.4, 0.5) is 0 Å². The summed E-state index contributed by atoms with van der Waals surface area (Å²) in [6.07, 6.45) is 0. The molecule has 10 aromatic rings. The summed E-state index contributed by atoms with van der Waals surface area (Å²) in [5, 5.41) is 6.28. The highest BCUT2D eigenvalue weighted by atomic mass is 16.3. The molecule has 2 aromatic heterocycles. The number of fused-ring (bicyclic) bond motifs is 6. The molecule has 234 valence electrons. The predicted molar refractivity (Wildman–Crippen MR) is 227 cm³/mol. The van der Waals surface area contributed by atoms with Crippen LogP contribution in [0.15, 0.2) is 144 Å². The Balaban J connectivity index is 1.38. The van der Waals surface area contributed by atoms with Crippen LogP contribution in [0.5, 0.6) is 0 Å². The van der Waals surface area contributed by atoms with E-state index in [0.29, 0.717) is 11.4 Å². The zero-order valence-corrected chi connectivity index (χ0v) is 28.5. The first-order chi connectivity index (χ1) is 25.9. The van der Waals surface area contributed by atoms with Crippen LogP contribution in [0.25, 0.3) is 93.8 Å². The Kier molecular flexibility index (Phi) is 7.13. The Labute approximate surface area is 312 Å². The molecule has 0 amide bonds. The normalized spacial score (nSPS) is 11.8. The van der Waals surface area contributed by atoms with Crippen LogP contribution in [0.2, 0.25) is 0 Å². The Bertz CT molecular complexity index is 3100. The van der Waals surface area contributed by atoms with Gasteiger partial charge in [0.1, 0.15) is 56.2 Å². The minimum atomic E-state index is 0.155. The molecule has 8 heteroatoms. The van der Waals surface area contributed by atoms with Gasteiger partial charge >= 0.3 is 0 Å². The number of benzene rings is 8. The van der Waals surface area contributed by atoms with Crippen LogP contribution in [0, 0.1) is 0 Å². The second-order valence-corrected chi connectivity index (χ2v) is 13.4. The molecule has 0 saturated heterocycles. The largest absolute Gasteiger partial charge is 0.456 e. The van der Waals surface area contributed by atoms with E-state index in [4.69, 9.17) is 48.6 Å². The van der Waals surface area contributed by atoms with Crippen molar-refractivity contribution in [3.63, 3.8) is 0 Å². The van der Waals surface area contributed by atoms with Gasteiger partial charge in [-0.05, 0) is 69.4 Å². The molecule has 0 aliphatic carbocycles. The number of para-hydroxylation sites is 3. The van der Waals surface area contributed by atoms with Crippen LogP contribution in [0.1, 0.15) is 0 Å². The van der Waals surface area contributed by atoms with Crippen molar-refractivity contribution in [2.45, 2.75) is 0 Å². The molecule has 53 heavy (non-hydrogen) atoms. The minimum Gasteiger partial charge on any atom is -0.456 e. The zero-order chi connectivity index (χ0) is 36.0. The summed E-state index contributed by atoms with van der Waals surface area (Å²) in [6.45, 7) is 0. The maximum atomic E-state index is 6.74. The van der Waals surface area contributed by atoms with Gasteiger partial charge in [-0.2, -0.15) is 0 Å². The summed E-state index contributed by atoms with van der Waals surface area (Å²) in [5.74, 6) is 0.511. The van der Waals surface area contributed by atoms with Gasteiger partial charge < -0.3 is 4.42 Å². The molecule has 0 N–H and O–H groups in total. The molecule has 0 fully saturated rings. The highest BCUT2D eigenvalue weighted by molar-refractivity contribution is 6.68. The van der Waals surface area contributed by atoms with Crippen molar-refractivity contribution < 1.29 is 4.42 Å². The summed E-state index contributed by atoms with van der Waals surface area (Å²) < 4.78 is 8.38. The van der Waals surface area contributed by atoms with Gasteiger partial charge in [0, 0.05) is 27.1 Å². The monoisotopic (exact) mass is 662 g/mol. The number of hydrogen-bond acceptors (Lipinski definition) is 2. The molecule has 0 unspecified atom stereocenters. The molecular formula is C45H23B5N2O. The van der Waals surface area contributed by atoms with Crippen LogP contribution in [-0.2, 0) is 0 Å². The van der Waals surface area contributed by atoms with Gasteiger partial charge in [-0.1, -0.05) is 114 Å². The topological polar surface area (TPSA) is 31.0 Å². The molecule has 0 bridgehead atoms. The molecule has 0 aliphatic heterocycles. The molecule has 0 saturated carbocycles. The number of imidazole rings is 1. The fraction of sp³-hybridized carbons (Fsp3) is 0. The maximum absolute atomic E-state index is 6.74. The van der Waals surface area contributed by atoms with Gasteiger partial charge in [0.15, 0.2) is 0 Å². The molecule has 0 aliphatic rings. The van der Waals surface area contributed by atoms with E-state index < -0.39 is 0 Å². The van der Waals surface area contributed by atoms with Crippen LogP contribution >= 0.6 is 0 Å². The van der Waals surface area contributed by atoms with Crippen LogP contribution < -0.4 is 27.3 Å². The smallest absolute Gasteiger partial charge is 0.144 e. The molecule has 0 atom stereocenters. The quantitative estimate of drug-likeness (QED) is 0.166. The van der Waals surface area contributed by atoms with Crippen LogP contribution in [0.3, 0.4) is 0 Å². The van der Waals surface area contributed by atoms with Crippen molar-refractivity contribution in [1.29, 1.82) is 0 Å². The van der Waals surface area contributed by atoms with E-state index in [0.717, 1.165) is 82.5 Å². The zero-order valence-electron chi connectivity index (χ0n) is 28.5. The lowest BCUT2D eigenvalue weighted by atomic mass is 9.60. The maximum Gasteiger partial charge on any atom is 0.144 e. The number of nitrogens with zero attached hydrogens (tertiary/aromatic N) is 2. The van der Waals surface area contributed by atoms with Gasteiger partial charge in [0.25, 0.3) is 0 Å². The third-order valence-electron chi connectivity index (χ3n) is 10.5. The summed E-state index contributed by atoms with van der Waals surface area (Å²) in [6, 6.07) is 48.2. The fourth-order valence-corrected chi connectivity index (χ4v) is 7.91. The van der Waals surface area contributed by atoms with E-state index in [1.165, 1.54) is 0 Å². The van der Waals surface area contributed by atoms with Gasteiger partial charge in [0.2, 0.25) is 0 Å². The Morgan fingerprint density at radius 2 is 1.00 bits per heavy atom. The average molecular weight is 662 g/mol. The highest BCUT2D eigenvalue weighted by Gasteiger charge is 2.25. The van der Waals surface area contributed by atoms with Gasteiger partial charge in [-0.15, -0.1) is 16.4 Å². The van der Waals surface area contributed by atoms with Crippen molar-refractivity contribution in [3.05, 3.63) is 140 Å². The highest BCUT2D eigenvalue weighted by Crippen LogP contribution is 2.45. The van der Waals surface area contributed by atoms with Gasteiger partial charge in [-0.25, -0.2) is 4.98 Å². The van der Waals surface area contributed by atoms with Gasteiger partial charge in [-0.3, -0.25) is 4.57 Å². The first kappa shape index (κ1) is 31.6. The predicted octanol–water partition coefficient (Wildman–Crippen LogP) is 6.20. The fourth-order valence-electron chi connectivity index (χ4n) is 7.91. The summed E-state index contributed by atoms with van der Waals surface area (Å²) in [7, 11) is 32.6.